The molecule has 104 valence electrons. The van der Waals surface area contributed by atoms with E-state index in [4.69, 9.17) is 5.73 Å². The second kappa shape index (κ2) is 5.62. The summed E-state index contributed by atoms with van der Waals surface area (Å²) in [6, 6.07) is 13.6. The average Bonchev–Trinajstić information content (AvgIpc) is 2.39. The summed E-state index contributed by atoms with van der Waals surface area (Å²) in [5, 5.41) is 2.28. The molecule has 2 amide bonds. The SMILES string of the molecule is NC(=O)Nc1ccccc1S(=O)(=O)Nc1ccccc1. The summed E-state index contributed by atoms with van der Waals surface area (Å²) >= 11 is 0. The van der Waals surface area contributed by atoms with Crippen LogP contribution in [0.15, 0.2) is 59.5 Å². The predicted molar refractivity (Wildman–Crippen MR) is 76.9 cm³/mol. The fourth-order valence-corrected chi connectivity index (χ4v) is 2.88. The van der Waals surface area contributed by atoms with Gasteiger partial charge in [0, 0.05) is 5.69 Å². The van der Waals surface area contributed by atoms with Crippen molar-refractivity contribution in [2.75, 3.05) is 10.0 Å². The number of rotatable bonds is 4. The monoisotopic (exact) mass is 291 g/mol. The first-order valence-electron chi connectivity index (χ1n) is 5.72. The quantitative estimate of drug-likeness (QED) is 0.802. The average molecular weight is 291 g/mol. The van der Waals surface area contributed by atoms with Gasteiger partial charge < -0.3 is 11.1 Å². The lowest BCUT2D eigenvalue weighted by molar-refractivity contribution is 0.259. The van der Waals surface area contributed by atoms with E-state index >= 15 is 0 Å². The summed E-state index contributed by atoms with van der Waals surface area (Å²) in [5.74, 6) is 0. The summed E-state index contributed by atoms with van der Waals surface area (Å²) in [7, 11) is -3.81. The van der Waals surface area contributed by atoms with Gasteiger partial charge >= 0.3 is 6.03 Å². The van der Waals surface area contributed by atoms with Crippen molar-refractivity contribution in [1.29, 1.82) is 0 Å². The molecule has 0 saturated heterocycles. The largest absolute Gasteiger partial charge is 0.351 e. The first-order valence-corrected chi connectivity index (χ1v) is 7.21. The first kappa shape index (κ1) is 13.9. The van der Waals surface area contributed by atoms with Crippen molar-refractivity contribution < 1.29 is 13.2 Å². The number of carbonyl (C=O) groups is 1. The molecular formula is C13H13N3O3S. The first-order chi connectivity index (χ1) is 9.49. The highest BCUT2D eigenvalue weighted by Crippen LogP contribution is 2.23. The maximum atomic E-state index is 12.3. The Kier molecular flexibility index (Phi) is 3.90. The Labute approximate surface area is 116 Å². The Balaban J connectivity index is 2.37. The Hall–Kier alpha value is -2.54. The number of urea groups is 1. The van der Waals surface area contributed by atoms with Crippen molar-refractivity contribution >= 4 is 27.4 Å². The predicted octanol–water partition coefficient (Wildman–Crippen LogP) is 1.98. The second-order valence-electron chi connectivity index (χ2n) is 3.96. The Morgan fingerprint density at radius 3 is 2.20 bits per heavy atom. The molecule has 0 spiro atoms. The van der Waals surface area contributed by atoms with Crippen LogP contribution in [0.2, 0.25) is 0 Å². The number of carbonyl (C=O) groups excluding carboxylic acids is 1. The Morgan fingerprint density at radius 2 is 1.55 bits per heavy atom. The zero-order chi connectivity index (χ0) is 14.6. The number of anilines is 2. The van der Waals surface area contributed by atoms with E-state index in [1.54, 1.807) is 42.5 Å². The van der Waals surface area contributed by atoms with Crippen molar-refractivity contribution in [2.24, 2.45) is 5.73 Å². The van der Waals surface area contributed by atoms with Crippen molar-refractivity contribution in [3.8, 4) is 0 Å². The number of hydrogen-bond donors (Lipinski definition) is 3. The standard InChI is InChI=1S/C13H13N3O3S/c14-13(17)15-11-8-4-5-9-12(11)20(18,19)16-10-6-2-1-3-7-10/h1-9,16H,(H3,14,15,17). The molecule has 2 aromatic rings. The van der Waals surface area contributed by atoms with Crippen LogP contribution in [0.5, 0.6) is 0 Å². The summed E-state index contributed by atoms with van der Waals surface area (Å²) in [4.78, 5) is 10.8. The molecule has 0 bridgehead atoms. The molecule has 0 unspecified atom stereocenters. The number of sulfonamides is 1. The van der Waals surface area contributed by atoms with Crippen LogP contribution in [-0.4, -0.2) is 14.4 Å². The lowest BCUT2D eigenvalue weighted by atomic mass is 10.3. The number of nitrogens with two attached hydrogens (primary N) is 1. The van der Waals surface area contributed by atoms with Crippen molar-refractivity contribution in [2.45, 2.75) is 4.90 Å². The van der Waals surface area contributed by atoms with Crippen molar-refractivity contribution in [3.63, 3.8) is 0 Å². The topological polar surface area (TPSA) is 101 Å². The lowest BCUT2D eigenvalue weighted by Crippen LogP contribution is -2.22. The van der Waals surface area contributed by atoms with Gasteiger partial charge in [-0.25, -0.2) is 13.2 Å². The third-order valence-electron chi connectivity index (χ3n) is 2.46. The van der Waals surface area contributed by atoms with Crippen LogP contribution < -0.4 is 15.8 Å². The minimum atomic E-state index is -3.81. The van der Waals surface area contributed by atoms with E-state index in [1.165, 1.54) is 12.1 Å². The van der Waals surface area contributed by atoms with E-state index in [2.05, 4.69) is 10.0 Å². The number of para-hydroxylation sites is 2. The number of nitrogens with one attached hydrogen (secondary N) is 2. The van der Waals surface area contributed by atoms with Crippen LogP contribution in [0.4, 0.5) is 16.2 Å². The molecule has 0 aromatic heterocycles. The zero-order valence-electron chi connectivity index (χ0n) is 10.4. The molecule has 20 heavy (non-hydrogen) atoms. The van der Waals surface area contributed by atoms with Crippen LogP contribution in [0.25, 0.3) is 0 Å². The molecule has 2 aromatic carbocycles. The van der Waals surface area contributed by atoms with E-state index in [9.17, 15) is 13.2 Å². The molecule has 0 aliphatic carbocycles. The minimum absolute atomic E-state index is 0.0531. The highest BCUT2D eigenvalue weighted by molar-refractivity contribution is 7.92. The maximum absolute atomic E-state index is 12.3. The molecule has 6 nitrogen and oxygen atoms in total. The molecule has 0 aliphatic rings. The van der Waals surface area contributed by atoms with Crippen LogP contribution >= 0.6 is 0 Å². The minimum Gasteiger partial charge on any atom is -0.351 e. The smallest absolute Gasteiger partial charge is 0.316 e. The van der Waals surface area contributed by atoms with Crippen LogP contribution in [0.3, 0.4) is 0 Å². The fraction of sp³-hybridized carbons (Fsp3) is 0. The molecular weight excluding hydrogens is 278 g/mol. The van der Waals surface area contributed by atoms with Crippen LogP contribution in [-0.2, 0) is 10.0 Å². The summed E-state index contributed by atoms with van der Waals surface area (Å²) < 4.78 is 27.0. The van der Waals surface area contributed by atoms with Crippen LogP contribution in [0.1, 0.15) is 0 Å². The third-order valence-corrected chi connectivity index (χ3v) is 3.90. The van der Waals surface area contributed by atoms with Crippen molar-refractivity contribution in [3.05, 3.63) is 54.6 Å². The van der Waals surface area contributed by atoms with E-state index < -0.39 is 16.1 Å². The highest BCUT2D eigenvalue weighted by Gasteiger charge is 2.18. The maximum Gasteiger partial charge on any atom is 0.316 e. The molecule has 0 saturated carbocycles. The molecule has 0 heterocycles. The van der Waals surface area contributed by atoms with E-state index in [1.807, 2.05) is 0 Å². The molecule has 0 atom stereocenters. The van der Waals surface area contributed by atoms with Gasteiger partial charge in [-0.3, -0.25) is 4.72 Å². The molecule has 0 fully saturated rings. The van der Waals surface area contributed by atoms with Gasteiger partial charge in [-0.2, -0.15) is 0 Å². The van der Waals surface area contributed by atoms with Gasteiger partial charge in [0.2, 0.25) is 0 Å². The van der Waals surface area contributed by atoms with Gasteiger partial charge in [0.1, 0.15) is 4.90 Å². The summed E-state index contributed by atoms with van der Waals surface area (Å²) in [6.45, 7) is 0. The number of amides is 2. The van der Waals surface area contributed by atoms with Gasteiger partial charge in [-0.15, -0.1) is 0 Å². The molecule has 0 aliphatic heterocycles. The zero-order valence-corrected chi connectivity index (χ0v) is 11.2. The van der Waals surface area contributed by atoms with E-state index in [-0.39, 0.29) is 10.6 Å². The lowest BCUT2D eigenvalue weighted by Gasteiger charge is -2.12. The Bertz CT molecular complexity index is 715. The van der Waals surface area contributed by atoms with E-state index in [0.29, 0.717) is 5.69 Å². The van der Waals surface area contributed by atoms with Crippen LogP contribution in [0, 0.1) is 0 Å². The van der Waals surface area contributed by atoms with Gasteiger partial charge in [-0.1, -0.05) is 30.3 Å². The van der Waals surface area contributed by atoms with Gasteiger partial charge in [-0.05, 0) is 24.3 Å². The molecule has 2 rings (SSSR count). The highest BCUT2D eigenvalue weighted by atomic mass is 32.2. The fourth-order valence-electron chi connectivity index (χ4n) is 1.65. The van der Waals surface area contributed by atoms with Gasteiger partial charge in [0.25, 0.3) is 10.0 Å². The molecule has 0 radical (unpaired) electrons. The third kappa shape index (κ3) is 3.27. The second-order valence-corrected chi connectivity index (χ2v) is 5.61. The van der Waals surface area contributed by atoms with Crippen molar-refractivity contribution in [1.82, 2.24) is 0 Å². The molecule has 4 N–H and O–H groups in total. The van der Waals surface area contributed by atoms with E-state index in [0.717, 1.165) is 0 Å². The summed E-state index contributed by atoms with van der Waals surface area (Å²) in [6.07, 6.45) is 0. The van der Waals surface area contributed by atoms with Gasteiger partial charge in [0.15, 0.2) is 0 Å². The van der Waals surface area contributed by atoms with Gasteiger partial charge in [0.05, 0.1) is 5.69 Å². The normalized spacial score (nSPS) is 10.8. The number of benzene rings is 2. The number of primary amides is 1. The summed E-state index contributed by atoms with van der Waals surface area (Å²) in [5.41, 5.74) is 5.58. The number of hydrogen-bond acceptors (Lipinski definition) is 3. The molecule has 7 heteroatoms. The Morgan fingerprint density at radius 1 is 0.950 bits per heavy atom.